The van der Waals surface area contributed by atoms with Crippen molar-refractivity contribution in [3.8, 4) is 10.6 Å². The number of pyridine rings is 1. The minimum Gasteiger partial charge on any atom is -0.357 e. The highest BCUT2D eigenvalue weighted by molar-refractivity contribution is 7.21. The fourth-order valence-corrected chi connectivity index (χ4v) is 5.24. The van der Waals surface area contributed by atoms with Crippen LogP contribution < -0.4 is 10.2 Å². The summed E-state index contributed by atoms with van der Waals surface area (Å²) in [5.74, 6) is -2.43. The summed E-state index contributed by atoms with van der Waals surface area (Å²) in [5, 5.41) is 3.54. The summed E-state index contributed by atoms with van der Waals surface area (Å²) < 4.78 is 29.6. The van der Waals surface area contributed by atoms with E-state index < -0.39 is 12.3 Å². The minimum atomic E-state index is -3.00. The van der Waals surface area contributed by atoms with E-state index in [0.717, 1.165) is 36.4 Å². The Bertz CT molecular complexity index is 1390. The number of halogens is 2. The number of rotatable bonds is 7. The highest BCUT2D eigenvalue weighted by Gasteiger charge is 2.30. The first kappa shape index (κ1) is 23.1. The Morgan fingerprint density at radius 3 is 2.74 bits per heavy atom. The molecule has 2 aromatic carbocycles. The maximum atomic E-state index is 14.4. The van der Waals surface area contributed by atoms with Crippen molar-refractivity contribution < 1.29 is 13.6 Å². The van der Waals surface area contributed by atoms with Crippen LogP contribution in [0.4, 0.5) is 20.3 Å². The van der Waals surface area contributed by atoms with Crippen molar-refractivity contribution in [3.05, 3.63) is 84.6 Å². The second-order valence-corrected chi connectivity index (χ2v) is 9.53. The fraction of sp³-hybridized carbons (Fsp3) is 0.222. The van der Waals surface area contributed by atoms with Crippen molar-refractivity contribution in [3.63, 3.8) is 0 Å². The molecular weight excluding hydrogens is 466 g/mol. The summed E-state index contributed by atoms with van der Waals surface area (Å²) in [4.78, 5) is 24.5. The van der Waals surface area contributed by atoms with Crippen LogP contribution in [0.3, 0.4) is 0 Å². The van der Waals surface area contributed by atoms with Gasteiger partial charge in [-0.05, 0) is 37.1 Å². The Kier molecular flexibility index (Phi) is 6.30. The predicted molar refractivity (Wildman–Crippen MR) is 137 cm³/mol. The Morgan fingerprint density at radius 1 is 1.14 bits per heavy atom. The van der Waals surface area contributed by atoms with Gasteiger partial charge in [0.25, 0.3) is 11.8 Å². The molecule has 8 heteroatoms. The van der Waals surface area contributed by atoms with Gasteiger partial charge in [0.2, 0.25) is 0 Å². The normalized spacial score (nSPS) is 13.8. The number of nitrogens with zero attached hydrogens (tertiary/aromatic N) is 3. The molecule has 5 nitrogen and oxygen atoms in total. The monoisotopic (exact) mass is 490 g/mol. The van der Waals surface area contributed by atoms with Crippen LogP contribution in [0, 0.1) is 0 Å². The lowest BCUT2D eigenvalue weighted by Gasteiger charge is -2.17. The van der Waals surface area contributed by atoms with E-state index in [9.17, 15) is 13.6 Å². The van der Waals surface area contributed by atoms with Crippen molar-refractivity contribution in [2.45, 2.75) is 25.2 Å². The van der Waals surface area contributed by atoms with E-state index in [-0.39, 0.29) is 11.5 Å². The van der Waals surface area contributed by atoms with Crippen LogP contribution in [0.2, 0.25) is 0 Å². The van der Waals surface area contributed by atoms with Crippen LogP contribution in [0.1, 0.15) is 35.2 Å². The number of allylic oxidation sites excluding steroid dienone is 1. The van der Waals surface area contributed by atoms with Crippen molar-refractivity contribution in [1.82, 2.24) is 9.97 Å². The van der Waals surface area contributed by atoms with E-state index in [1.807, 2.05) is 12.1 Å². The third-order valence-corrected chi connectivity index (χ3v) is 7.10. The number of thiazole rings is 1. The molecule has 35 heavy (non-hydrogen) atoms. The number of aromatic nitrogens is 2. The zero-order valence-electron chi connectivity index (χ0n) is 19.0. The van der Waals surface area contributed by atoms with Crippen LogP contribution in [-0.4, -0.2) is 29.0 Å². The number of amides is 1. The zero-order chi connectivity index (χ0) is 24.4. The van der Waals surface area contributed by atoms with E-state index in [2.05, 4.69) is 26.8 Å². The molecule has 1 aliphatic rings. The Balaban J connectivity index is 1.43. The lowest BCUT2D eigenvalue weighted by atomic mass is 10.0. The third kappa shape index (κ3) is 4.79. The molecule has 0 bridgehead atoms. The first-order chi connectivity index (χ1) is 16.9. The number of carbonyl (C=O) groups is 1. The van der Waals surface area contributed by atoms with Crippen molar-refractivity contribution >= 4 is 39.0 Å². The molecule has 5 rings (SSSR count). The minimum absolute atomic E-state index is 0.0846. The summed E-state index contributed by atoms with van der Waals surface area (Å²) in [5.41, 5.74) is 2.14. The third-order valence-electron chi connectivity index (χ3n) is 6.03. The van der Waals surface area contributed by atoms with Gasteiger partial charge < -0.3 is 10.2 Å². The Labute approximate surface area is 206 Å². The molecule has 178 valence electrons. The SMILES string of the molecule is C=CCC(F)(F)c1cccc(-c2nc3c(C(=O)Nc4ccnc(N5CCCC5)c4)cccc3s2)c1. The number of benzene rings is 2. The molecule has 0 aliphatic carbocycles. The number of nitrogens with one attached hydrogen (secondary N) is 1. The van der Waals surface area contributed by atoms with Gasteiger partial charge in [-0.3, -0.25) is 4.79 Å². The highest BCUT2D eigenvalue weighted by Crippen LogP contribution is 2.37. The van der Waals surface area contributed by atoms with Gasteiger partial charge in [-0.15, -0.1) is 17.9 Å². The van der Waals surface area contributed by atoms with Crippen LogP contribution >= 0.6 is 11.3 Å². The summed E-state index contributed by atoms with van der Waals surface area (Å²) in [6.45, 7) is 5.36. The molecule has 0 atom stereocenters. The van der Waals surface area contributed by atoms with Crippen LogP contribution in [0.5, 0.6) is 0 Å². The van der Waals surface area contributed by atoms with Gasteiger partial charge in [0, 0.05) is 48.6 Å². The van der Waals surface area contributed by atoms with Gasteiger partial charge in [-0.1, -0.05) is 30.3 Å². The molecule has 1 N–H and O–H groups in total. The molecule has 2 aromatic heterocycles. The van der Waals surface area contributed by atoms with Gasteiger partial charge in [0.1, 0.15) is 10.8 Å². The maximum Gasteiger partial charge on any atom is 0.276 e. The molecule has 1 saturated heterocycles. The second-order valence-electron chi connectivity index (χ2n) is 8.50. The van der Waals surface area contributed by atoms with Crippen molar-refractivity contribution in [1.29, 1.82) is 0 Å². The van der Waals surface area contributed by atoms with E-state index in [0.29, 0.717) is 27.3 Å². The number of para-hydroxylation sites is 1. The first-order valence-electron chi connectivity index (χ1n) is 11.5. The Hall–Kier alpha value is -3.65. The zero-order valence-corrected chi connectivity index (χ0v) is 19.8. The maximum absolute atomic E-state index is 14.4. The van der Waals surface area contributed by atoms with Crippen molar-refractivity contribution in [2.75, 3.05) is 23.3 Å². The Morgan fingerprint density at radius 2 is 1.94 bits per heavy atom. The average molecular weight is 491 g/mol. The second kappa shape index (κ2) is 9.54. The molecular formula is C27H24F2N4OS. The smallest absolute Gasteiger partial charge is 0.276 e. The molecule has 0 radical (unpaired) electrons. The standard InChI is InChI=1S/C27H24F2N4OS/c1-2-12-27(28,29)19-8-5-7-18(16-19)26-32-24-21(9-6-10-22(24)35-26)25(34)31-20-11-13-30-23(17-20)33-14-3-4-15-33/h2,5-11,13,16-17H,1,3-4,12,14-15H2,(H,30,31,34). The molecule has 1 aliphatic heterocycles. The van der Waals surface area contributed by atoms with Crippen LogP contribution in [-0.2, 0) is 5.92 Å². The van der Waals surface area contributed by atoms with E-state index in [1.54, 1.807) is 36.5 Å². The summed E-state index contributed by atoms with van der Waals surface area (Å²) in [6.07, 6.45) is 4.75. The average Bonchev–Trinajstić information content (AvgIpc) is 3.54. The molecule has 1 fully saturated rings. The number of carbonyl (C=O) groups excluding carboxylic acids is 1. The quantitative estimate of drug-likeness (QED) is 0.287. The van der Waals surface area contributed by atoms with Gasteiger partial charge in [-0.25, -0.2) is 18.7 Å². The van der Waals surface area contributed by atoms with Crippen LogP contribution in [0.25, 0.3) is 20.8 Å². The molecule has 4 aromatic rings. The summed E-state index contributed by atoms with van der Waals surface area (Å²) >= 11 is 1.37. The predicted octanol–water partition coefficient (Wildman–Crippen LogP) is 6.88. The largest absolute Gasteiger partial charge is 0.357 e. The van der Waals surface area contributed by atoms with E-state index >= 15 is 0 Å². The number of fused-ring (bicyclic) bond motifs is 1. The topological polar surface area (TPSA) is 58.1 Å². The van der Waals surface area contributed by atoms with E-state index in [1.165, 1.54) is 29.5 Å². The molecule has 0 unspecified atom stereocenters. The molecule has 1 amide bonds. The van der Waals surface area contributed by atoms with E-state index in [4.69, 9.17) is 0 Å². The number of hydrogen-bond donors (Lipinski definition) is 1. The first-order valence-corrected chi connectivity index (χ1v) is 12.3. The molecule has 0 spiro atoms. The summed E-state index contributed by atoms with van der Waals surface area (Å²) in [7, 11) is 0. The lowest BCUT2D eigenvalue weighted by molar-refractivity contribution is -0.000812. The van der Waals surface area contributed by atoms with Gasteiger partial charge in [0.15, 0.2) is 0 Å². The number of hydrogen-bond acceptors (Lipinski definition) is 5. The van der Waals surface area contributed by atoms with Crippen LogP contribution in [0.15, 0.2) is 73.4 Å². The number of alkyl halides is 2. The number of anilines is 2. The van der Waals surface area contributed by atoms with Gasteiger partial charge in [0.05, 0.1) is 15.8 Å². The highest BCUT2D eigenvalue weighted by atomic mass is 32.1. The van der Waals surface area contributed by atoms with Crippen molar-refractivity contribution in [2.24, 2.45) is 0 Å². The summed E-state index contributed by atoms with van der Waals surface area (Å²) in [6, 6.07) is 15.3. The fourth-order valence-electron chi connectivity index (χ4n) is 4.25. The lowest BCUT2D eigenvalue weighted by Crippen LogP contribution is -2.19. The molecule has 0 saturated carbocycles. The van der Waals surface area contributed by atoms with Gasteiger partial charge in [-0.2, -0.15) is 0 Å². The van der Waals surface area contributed by atoms with Gasteiger partial charge >= 0.3 is 0 Å². The molecule has 3 heterocycles.